The Balaban J connectivity index is 3.21. The van der Waals surface area contributed by atoms with Crippen molar-refractivity contribution in [2.24, 2.45) is 11.5 Å². The molecule has 60 valence electrons. The van der Waals surface area contributed by atoms with Crippen molar-refractivity contribution in [3.05, 3.63) is 0 Å². The molecule has 10 heavy (non-hydrogen) atoms. The van der Waals surface area contributed by atoms with Gasteiger partial charge in [-0.15, -0.1) is 0 Å². The Kier molecular flexibility index (Phi) is 5.47. The summed E-state index contributed by atoms with van der Waals surface area (Å²) in [6, 6.07) is -0.210. The van der Waals surface area contributed by atoms with E-state index in [9.17, 15) is 4.79 Å². The highest BCUT2D eigenvalue weighted by atomic mass is 28.1. The Morgan fingerprint density at radius 2 is 2.10 bits per heavy atom. The molecule has 0 aliphatic carbocycles. The predicted molar refractivity (Wildman–Crippen MR) is 45.8 cm³/mol. The Morgan fingerprint density at radius 3 is 2.50 bits per heavy atom. The lowest BCUT2D eigenvalue weighted by molar-refractivity contribution is -0.113. The number of carbonyl (C=O) groups excluding carboxylic acids is 1. The van der Waals surface area contributed by atoms with Gasteiger partial charge >= 0.3 is 0 Å². The highest BCUT2D eigenvalue weighted by Crippen LogP contribution is 1.96. The normalized spacial score (nSPS) is 13.4. The summed E-state index contributed by atoms with van der Waals surface area (Å²) in [5, 5.41) is 0.206. The van der Waals surface area contributed by atoms with Gasteiger partial charge in [-0.1, -0.05) is 6.42 Å². The predicted octanol–water partition coefficient (Wildman–Crippen LogP) is -1.67. The molecule has 0 aromatic rings. The van der Waals surface area contributed by atoms with E-state index in [1.807, 2.05) is 0 Å². The Labute approximate surface area is 64.6 Å². The van der Waals surface area contributed by atoms with Crippen LogP contribution in [0.25, 0.3) is 0 Å². The summed E-state index contributed by atoms with van der Waals surface area (Å²) < 4.78 is 0. The first-order chi connectivity index (χ1) is 4.68. The van der Waals surface area contributed by atoms with Crippen molar-refractivity contribution in [2.75, 3.05) is 6.54 Å². The number of carbonyl (C=O) groups is 1. The average Bonchev–Trinajstić information content (AvgIpc) is 1.88. The second-order valence-corrected chi connectivity index (χ2v) is 3.49. The van der Waals surface area contributed by atoms with E-state index in [0.29, 0.717) is 16.8 Å². The maximum Gasteiger partial charge on any atom is 0.116 e. The van der Waals surface area contributed by atoms with Crippen molar-refractivity contribution in [1.29, 1.82) is 0 Å². The highest BCUT2D eigenvalue weighted by Gasteiger charge is 2.05. The number of hydrogen-bond acceptors (Lipinski definition) is 3. The third kappa shape index (κ3) is 4.66. The average molecular weight is 160 g/mol. The third-order valence-electron chi connectivity index (χ3n) is 1.49. The number of rotatable bonds is 5. The molecule has 0 aromatic heterocycles. The zero-order chi connectivity index (χ0) is 7.98. The first-order valence-corrected chi connectivity index (χ1v) is 4.64. The van der Waals surface area contributed by atoms with Crippen molar-refractivity contribution in [1.82, 2.24) is 0 Å². The molecule has 0 amide bonds. The van der Waals surface area contributed by atoms with Crippen LogP contribution in [0.5, 0.6) is 0 Å². The number of nitrogens with two attached hydrogens (primary N) is 2. The van der Waals surface area contributed by atoms with E-state index in [0.717, 1.165) is 19.3 Å². The summed E-state index contributed by atoms with van der Waals surface area (Å²) >= 11 is 0. The van der Waals surface area contributed by atoms with Gasteiger partial charge in [0.25, 0.3) is 0 Å². The molecule has 0 saturated carbocycles. The lowest BCUT2D eigenvalue weighted by Crippen LogP contribution is -2.30. The molecule has 0 spiro atoms. The minimum absolute atomic E-state index is 0.206. The lowest BCUT2D eigenvalue weighted by atomic mass is 10.1. The monoisotopic (exact) mass is 160 g/mol. The van der Waals surface area contributed by atoms with Crippen molar-refractivity contribution in [2.45, 2.75) is 25.3 Å². The standard InChI is InChI=1S/C6H16N2OSi/c7-4-2-1-3-5(8)6(9)10/h5H,1-4,7-8H2,10H3/t5-/m0/s1. The zero-order valence-electron chi connectivity index (χ0n) is 6.47. The smallest absolute Gasteiger partial charge is 0.116 e. The van der Waals surface area contributed by atoms with Crippen LogP contribution in [0.2, 0.25) is 0 Å². The molecule has 1 atom stereocenters. The van der Waals surface area contributed by atoms with Crippen LogP contribution < -0.4 is 11.5 Å². The molecule has 0 radical (unpaired) electrons. The second-order valence-electron chi connectivity index (χ2n) is 2.50. The largest absolute Gasteiger partial charge is 0.330 e. The number of unbranched alkanes of at least 4 members (excludes halogenated alkanes) is 1. The molecular formula is C6H16N2OSi. The van der Waals surface area contributed by atoms with Gasteiger partial charge in [0.1, 0.15) is 5.41 Å². The van der Waals surface area contributed by atoms with E-state index >= 15 is 0 Å². The van der Waals surface area contributed by atoms with Gasteiger partial charge in [0.2, 0.25) is 0 Å². The summed E-state index contributed by atoms with van der Waals surface area (Å²) in [4.78, 5) is 10.6. The van der Waals surface area contributed by atoms with Crippen molar-refractivity contribution < 1.29 is 4.79 Å². The van der Waals surface area contributed by atoms with E-state index < -0.39 is 0 Å². The maximum absolute atomic E-state index is 10.6. The van der Waals surface area contributed by atoms with Gasteiger partial charge in [0.15, 0.2) is 0 Å². The topological polar surface area (TPSA) is 69.1 Å². The van der Waals surface area contributed by atoms with Gasteiger partial charge in [-0.25, -0.2) is 0 Å². The molecule has 0 aliphatic heterocycles. The molecule has 3 nitrogen and oxygen atoms in total. The van der Waals surface area contributed by atoms with Gasteiger partial charge in [0, 0.05) is 0 Å². The molecule has 0 fully saturated rings. The Morgan fingerprint density at radius 1 is 1.50 bits per heavy atom. The van der Waals surface area contributed by atoms with E-state index in [1.165, 1.54) is 0 Å². The zero-order valence-corrected chi connectivity index (χ0v) is 8.47. The van der Waals surface area contributed by atoms with Crippen molar-refractivity contribution >= 4 is 15.6 Å². The molecule has 0 aromatic carbocycles. The molecular weight excluding hydrogens is 144 g/mol. The first-order valence-electron chi connectivity index (χ1n) is 3.64. The van der Waals surface area contributed by atoms with E-state index in [1.54, 1.807) is 0 Å². The van der Waals surface area contributed by atoms with Crippen LogP contribution >= 0.6 is 0 Å². The molecule has 4 N–H and O–H groups in total. The van der Waals surface area contributed by atoms with Gasteiger partial charge in [-0.2, -0.15) is 0 Å². The van der Waals surface area contributed by atoms with Crippen LogP contribution in [0.3, 0.4) is 0 Å². The van der Waals surface area contributed by atoms with Crippen LogP contribution in [0, 0.1) is 0 Å². The minimum atomic E-state index is -0.210. The highest BCUT2D eigenvalue weighted by molar-refractivity contribution is 6.59. The third-order valence-corrected chi connectivity index (χ3v) is 2.23. The lowest BCUT2D eigenvalue weighted by Gasteiger charge is -2.05. The van der Waals surface area contributed by atoms with E-state index in [-0.39, 0.29) is 11.4 Å². The fourth-order valence-corrected chi connectivity index (χ4v) is 1.00. The van der Waals surface area contributed by atoms with Crippen LogP contribution in [-0.4, -0.2) is 28.2 Å². The minimum Gasteiger partial charge on any atom is -0.330 e. The molecule has 0 bridgehead atoms. The van der Waals surface area contributed by atoms with Crippen LogP contribution in [0.4, 0.5) is 0 Å². The molecule has 0 saturated heterocycles. The van der Waals surface area contributed by atoms with E-state index in [4.69, 9.17) is 11.5 Å². The van der Waals surface area contributed by atoms with Gasteiger partial charge < -0.3 is 16.3 Å². The van der Waals surface area contributed by atoms with Crippen LogP contribution in [-0.2, 0) is 4.79 Å². The Bertz CT molecular complexity index is 108. The summed E-state index contributed by atoms with van der Waals surface area (Å²) in [6.45, 7) is 0.696. The van der Waals surface area contributed by atoms with E-state index in [2.05, 4.69) is 0 Å². The Hall–Kier alpha value is -0.193. The van der Waals surface area contributed by atoms with Crippen molar-refractivity contribution in [3.8, 4) is 0 Å². The fraction of sp³-hybridized carbons (Fsp3) is 0.833. The summed E-state index contributed by atoms with van der Waals surface area (Å²) in [5.74, 6) is 0. The summed E-state index contributed by atoms with van der Waals surface area (Å²) in [6.07, 6.45) is 2.76. The van der Waals surface area contributed by atoms with Crippen LogP contribution in [0.1, 0.15) is 19.3 Å². The summed E-state index contributed by atoms with van der Waals surface area (Å²) in [7, 11) is 0.576. The fourth-order valence-electron chi connectivity index (χ4n) is 0.712. The summed E-state index contributed by atoms with van der Waals surface area (Å²) in [5.41, 5.74) is 10.8. The molecule has 4 heteroatoms. The second kappa shape index (κ2) is 5.58. The van der Waals surface area contributed by atoms with Crippen molar-refractivity contribution in [3.63, 3.8) is 0 Å². The molecule has 0 unspecified atom stereocenters. The quantitative estimate of drug-likeness (QED) is 0.373. The molecule has 0 aliphatic rings. The van der Waals surface area contributed by atoms with Gasteiger partial charge in [-0.05, 0) is 19.4 Å². The SMILES string of the molecule is NCCCC[C@H](N)C(=O)[SiH3]. The molecule has 0 heterocycles. The first kappa shape index (κ1) is 9.81. The van der Waals surface area contributed by atoms with Crippen LogP contribution in [0.15, 0.2) is 0 Å². The van der Waals surface area contributed by atoms with Gasteiger partial charge in [-0.3, -0.25) is 0 Å². The maximum atomic E-state index is 10.6. The van der Waals surface area contributed by atoms with Gasteiger partial charge in [0.05, 0.1) is 16.3 Å². The molecule has 0 rings (SSSR count). The number of hydrogen-bond donors (Lipinski definition) is 2.